The fraction of sp³-hybridized carbons (Fsp3) is 0.955. The molecule has 0 amide bonds. The summed E-state index contributed by atoms with van der Waals surface area (Å²) in [5, 5.41) is 0. The molecule has 0 heterocycles. The molecule has 0 aromatic heterocycles. The molecule has 0 aliphatic carbocycles. The molecule has 3 atom stereocenters. The van der Waals surface area contributed by atoms with E-state index in [-0.39, 0.29) is 31.1 Å². The highest BCUT2D eigenvalue weighted by Gasteiger charge is 2.20. The molecule has 0 radical (unpaired) electrons. The quantitative estimate of drug-likeness (QED) is 0.0343. The van der Waals surface area contributed by atoms with Crippen LogP contribution in [0.2, 0.25) is 0 Å². The van der Waals surface area contributed by atoms with Crippen LogP contribution in [0.25, 0.3) is 0 Å². The van der Waals surface area contributed by atoms with E-state index in [4.69, 9.17) is 14.2 Å². The lowest BCUT2D eigenvalue weighted by molar-refractivity contribution is -0.167. The minimum Gasteiger partial charge on any atom is -0.462 e. The molecule has 6 heteroatoms. The van der Waals surface area contributed by atoms with E-state index in [0.29, 0.717) is 19.3 Å². The summed E-state index contributed by atoms with van der Waals surface area (Å²) in [5.74, 6) is 0.947. The van der Waals surface area contributed by atoms with E-state index in [0.717, 1.165) is 69.6 Å². The van der Waals surface area contributed by atoms with Gasteiger partial charge in [-0.2, -0.15) is 0 Å². The van der Waals surface area contributed by atoms with Gasteiger partial charge in [0.15, 0.2) is 6.10 Å². The lowest BCUT2D eigenvalue weighted by atomic mass is 9.99. The lowest BCUT2D eigenvalue weighted by Crippen LogP contribution is -2.30. The molecule has 0 bridgehead atoms. The van der Waals surface area contributed by atoms with Gasteiger partial charge in [-0.3, -0.25) is 14.4 Å². The highest BCUT2D eigenvalue weighted by Crippen LogP contribution is 2.20. The smallest absolute Gasteiger partial charge is 0.306 e. The van der Waals surface area contributed by atoms with Crippen LogP contribution in [0.5, 0.6) is 0 Å². The number of carbonyl (C=O) groups is 3. The van der Waals surface area contributed by atoms with Gasteiger partial charge in [-0.15, -0.1) is 0 Å². The number of carbonyl (C=O) groups excluding carboxylic acids is 3. The maximum atomic E-state index is 12.9. The molecule has 0 aliphatic heterocycles. The Hall–Kier alpha value is -1.59. The van der Waals surface area contributed by atoms with Crippen LogP contribution in [0.3, 0.4) is 0 Å². The van der Waals surface area contributed by atoms with Crippen molar-refractivity contribution >= 4 is 17.9 Å². The number of hydrogen-bond acceptors (Lipinski definition) is 6. The summed E-state index contributed by atoms with van der Waals surface area (Å²) >= 11 is 0. The molecule has 6 nitrogen and oxygen atoms in total. The SMILES string of the molecule is CCCCCCCCCCCCCCCCCCCCCC(=O)OC[C@H](COC(=O)CCCCCCCCCCCCCCCCCCCCC(C)CC)OC(=O)CCCCCCCCCCCCC(C)CC. The highest BCUT2D eigenvalue weighted by atomic mass is 16.6. The van der Waals surface area contributed by atoms with Crippen molar-refractivity contribution in [1.82, 2.24) is 0 Å². The zero-order valence-electron chi connectivity index (χ0n) is 50.3. The summed E-state index contributed by atoms with van der Waals surface area (Å²) in [7, 11) is 0. The Bertz CT molecular complexity index is 1120. The monoisotopic (exact) mass is 1030 g/mol. The van der Waals surface area contributed by atoms with Crippen molar-refractivity contribution in [3.63, 3.8) is 0 Å². The second-order valence-electron chi connectivity index (χ2n) is 23.6. The van der Waals surface area contributed by atoms with Gasteiger partial charge in [-0.1, -0.05) is 343 Å². The first kappa shape index (κ1) is 71.4. The summed E-state index contributed by atoms with van der Waals surface area (Å²) in [4.78, 5) is 38.3. The van der Waals surface area contributed by atoms with E-state index < -0.39 is 6.10 Å². The average molecular weight is 1030 g/mol. The molecule has 0 saturated heterocycles. The van der Waals surface area contributed by atoms with E-state index >= 15 is 0 Å². The van der Waals surface area contributed by atoms with Crippen LogP contribution in [-0.4, -0.2) is 37.2 Å². The Morgan fingerprint density at radius 3 is 0.712 bits per heavy atom. The van der Waals surface area contributed by atoms with E-state index in [2.05, 4.69) is 34.6 Å². The summed E-state index contributed by atoms with van der Waals surface area (Å²) < 4.78 is 17.0. The number of unbranched alkanes of at least 4 members (excludes halogenated alkanes) is 44. The largest absolute Gasteiger partial charge is 0.462 e. The van der Waals surface area contributed by atoms with Crippen molar-refractivity contribution in [2.75, 3.05) is 13.2 Å². The molecule has 2 unspecified atom stereocenters. The Kier molecular flexibility index (Phi) is 58.4. The van der Waals surface area contributed by atoms with Crippen LogP contribution < -0.4 is 0 Å². The molecule has 0 spiro atoms. The second kappa shape index (κ2) is 59.7. The predicted molar refractivity (Wildman–Crippen MR) is 316 cm³/mol. The molecule has 0 fully saturated rings. The normalized spacial score (nSPS) is 12.8. The van der Waals surface area contributed by atoms with Crippen LogP contribution in [0, 0.1) is 11.8 Å². The van der Waals surface area contributed by atoms with Crippen LogP contribution >= 0.6 is 0 Å². The van der Waals surface area contributed by atoms with Gasteiger partial charge in [-0.25, -0.2) is 0 Å². The van der Waals surface area contributed by atoms with Crippen molar-refractivity contribution in [3.05, 3.63) is 0 Å². The van der Waals surface area contributed by atoms with Crippen molar-refractivity contribution < 1.29 is 28.6 Å². The number of hydrogen-bond donors (Lipinski definition) is 0. The van der Waals surface area contributed by atoms with Gasteiger partial charge in [0.25, 0.3) is 0 Å². The molecule has 0 aliphatic rings. The third kappa shape index (κ3) is 57.9. The van der Waals surface area contributed by atoms with Crippen LogP contribution in [-0.2, 0) is 28.6 Å². The number of esters is 3. The first-order valence-electron chi connectivity index (χ1n) is 33.3. The summed E-state index contributed by atoms with van der Waals surface area (Å²) in [6.07, 6.45) is 66.7. The average Bonchev–Trinajstić information content (AvgIpc) is 3.39. The zero-order valence-corrected chi connectivity index (χ0v) is 50.3. The Morgan fingerprint density at radius 2 is 0.479 bits per heavy atom. The fourth-order valence-corrected chi connectivity index (χ4v) is 10.4. The summed E-state index contributed by atoms with van der Waals surface area (Å²) in [6.45, 7) is 11.5. The Balaban J connectivity index is 4.24. The lowest BCUT2D eigenvalue weighted by Gasteiger charge is -2.18. The maximum absolute atomic E-state index is 12.9. The van der Waals surface area contributed by atoms with Crippen LogP contribution in [0.1, 0.15) is 381 Å². The van der Waals surface area contributed by atoms with Gasteiger partial charge in [0.2, 0.25) is 0 Å². The topological polar surface area (TPSA) is 78.9 Å². The van der Waals surface area contributed by atoms with Crippen LogP contribution in [0.15, 0.2) is 0 Å². The third-order valence-electron chi connectivity index (χ3n) is 16.2. The van der Waals surface area contributed by atoms with E-state index in [1.807, 2.05) is 0 Å². The highest BCUT2D eigenvalue weighted by molar-refractivity contribution is 5.71. The molecular weight excluding hydrogens is 901 g/mol. The Morgan fingerprint density at radius 1 is 0.274 bits per heavy atom. The van der Waals surface area contributed by atoms with Gasteiger partial charge >= 0.3 is 17.9 Å². The van der Waals surface area contributed by atoms with E-state index in [1.54, 1.807) is 0 Å². The first-order chi connectivity index (χ1) is 35.8. The zero-order chi connectivity index (χ0) is 53.2. The minimum atomic E-state index is -0.764. The molecule has 0 N–H and O–H groups in total. The van der Waals surface area contributed by atoms with Gasteiger partial charge < -0.3 is 14.2 Å². The van der Waals surface area contributed by atoms with Crippen molar-refractivity contribution in [3.8, 4) is 0 Å². The minimum absolute atomic E-state index is 0.0620. The molecule has 0 saturated carbocycles. The van der Waals surface area contributed by atoms with Gasteiger partial charge in [0, 0.05) is 19.3 Å². The Labute approximate surface area is 457 Å². The van der Waals surface area contributed by atoms with Crippen molar-refractivity contribution in [1.29, 1.82) is 0 Å². The van der Waals surface area contributed by atoms with E-state index in [1.165, 1.54) is 270 Å². The molecule has 0 aromatic rings. The first-order valence-corrected chi connectivity index (χ1v) is 33.3. The third-order valence-corrected chi connectivity index (χ3v) is 16.2. The maximum Gasteiger partial charge on any atom is 0.306 e. The van der Waals surface area contributed by atoms with Crippen molar-refractivity contribution in [2.45, 2.75) is 387 Å². The summed E-state index contributed by atoms with van der Waals surface area (Å²) in [5.41, 5.74) is 0. The van der Waals surface area contributed by atoms with Gasteiger partial charge in [-0.05, 0) is 31.1 Å². The molecule has 0 aromatic carbocycles. The molecule has 434 valence electrons. The summed E-state index contributed by atoms with van der Waals surface area (Å²) in [6, 6.07) is 0. The van der Waals surface area contributed by atoms with Gasteiger partial charge in [0.1, 0.15) is 13.2 Å². The van der Waals surface area contributed by atoms with Gasteiger partial charge in [0.05, 0.1) is 0 Å². The number of rotatable bonds is 61. The second-order valence-corrected chi connectivity index (χ2v) is 23.6. The molecule has 73 heavy (non-hydrogen) atoms. The van der Waals surface area contributed by atoms with Crippen molar-refractivity contribution in [2.24, 2.45) is 11.8 Å². The predicted octanol–water partition coefficient (Wildman–Crippen LogP) is 22.4. The molecule has 0 rings (SSSR count). The number of ether oxygens (including phenoxy) is 3. The molecular formula is C67H130O6. The fourth-order valence-electron chi connectivity index (χ4n) is 10.4. The van der Waals surface area contributed by atoms with E-state index in [9.17, 15) is 14.4 Å². The van der Waals surface area contributed by atoms with Crippen LogP contribution in [0.4, 0.5) is 0 Å². The standard InChI is InChI=1S/C67H130O6/c1-6-9-10-11-12-13-14-15-16-17-18-22-25-28-31-37-42-47-52-57-65(68)71-60-64(73-67(70)59-54-49-44-39-34-33-36-41-46-51-56-63(5)8-3)61-72-66(69)58-53-48-43-38-32-29-26-23-20-19-21-24-27-30-35-40-45-50-55-62(4)7-2/h62-64H,6-61H2,1-5H3/t62?,63?,64-/m1/s1.